The Labute approximate surface area is 59.7 Å². The van der Waals surface area contributed by atoms with Gasteiger partial charge in [-0.05, 0) is 12.8 Å². The summed E-state index contributed by atoms with van der Waals surface area (Å²) in [6, 6.07) is 0. The zero-order valence-electron chi connectivity index (χ0n) is 5.59. The third kappa shape index (κ3) is 2.08. The van der Waals surface area contributed by atoms with Crippen LogP contribution >= 0.6 is 0 Å². The second-order valence-corrected chi connectivity index (χ2v) is 2.23. The second-order valence-electron chi connectivity index (χ2n) is 2.23. The lowest BCUT2D eigenvalue weighted by Crippen LogP contribution is -2.25. The van der Waals surface area contributed by atoms with Crippen LogP contribution in [-0.4, -0.2) is 12.5 Å². The Bertz CT molecular complexity index is 167. The van der Waals surface area contributed by atoms with Gasteiger partial charge >= 0.3 is 0 Å². The van der Waals surface area contributed by atoms with Gasteiger partial charge < -0.3 is 0 Å². The summed E-state index contributed by atoms with van der Waals surface area (Å²) in [6.45, 7) is 0.137. The molecule has 1 rings (SSSR count). The van der Waals surface area contributed by atoms with Gasteiger partial charge in [-0.15, -0.1) is 6.42 Å². The van der Waals surface area contributed by atoms with E-state index < -0.39 is 0 Å². The maximum absolute atomic E-state index is 10.8. The van der Waals surface area contributed by atoms with Gasteiger partial charge in [-0.1, -0.05) is 5.92 Å². The SMILES string of the molecule is C#CCONC(=O)C1CC1. The van der Waals surface area contributed by atoms with Gasteiger partial charge in [-0.3, -0.25) is 9.63 Å². The van der Waals surface area contributed by atoms with Crippen molar-refractivity contribution in [2.45, 2.75) is 12.8 Å². The molecule has 1 N–H and O–H groups in total. The maximum atomic E-state index is 10.8. The molecule has 3 heteroatoms. The first kappa shape index (κ1) is 7.10. The van der Waals surface area contributed by atoms with E-state index in [1.165, 1.54) is 0 Å². The number of terminal acetylenes is 1. The highest BCUT2D eigenvalue weighted by Crippen LogP contribution is 2.28. The molecule has 0 aliphatic heterocycles. The van der Waals surface area contributed by atoms with Crippen molar-refractivity contribution in [3.63, 3.8) is 0 Å². The van der Waals surface area contributed by atoms with Gasteiger partial charge in [-0.25, -0.2) is 5.48 Å². The fourth-order valence-electron chi connectivity index (χ4n) is 0.578. The molecule has 1 aliphatic carbocycles. The first-order chi connectivity index (χ1) is 4.84. The van der Waals surface area contributed by atoms with E-state index >= 15 is 0 Å². The zero-order valence-corrected chi connectivity index (χ0v) is 5.59. The van der Waals surface area contributed by atoms with Crippen molar-refractivity contribution in [1.82, 2.24) is 5.48 Å². The van der Waals surface area contributed by atoms with Crippen molar-refractivity contribution in [3.05, 3.63) is 0 Å². The molecule has 1 fully saturated rings. The minimum Gasteiger partial charge on any atom is -0.272 e. The van der Waals surface area contributed by atoms with Crippen molar-refractivity contribution < 1.29 is 9.63 Å². The highest BCUT2D eigenvalue weighted by molar-refractivity contribution is 5.79. The Balaban J connectivity index is 2.02. The second kappa shape index (κ2) is 3.23. The molecule has 0 heterocycles. The number of rotatable bonds is 3. The van der Waals surface area contributed by atoms with Crippen molar-refractivity contribution in [1.29, 1.82) is 0 Å². The number of hydroxylamine groups is 1. The Morgan fingerprint density at radius 1 is 1.80 bits per heavy atom. The summed E-state index contributed by atoms with van der Waals surface area (Å²) in [5.41, 5.74) is 2.26. The molecule has 0 aromatic heterocycles. The molecule has 0 bridgehead atoms. The molecule has 0 unspecified atom stereocenters. The third-order valence-corrected chi connectivity index (χ3v) is 1.28. The smallest absolute Gasteiger partial charge is 0.246 e. The summed E-state index contributed by atoms with van der Waals surface area (Å²) in [4.78, 5) is 15.4. The fourth-order valence-corrected chi connectivity index (χ4v) is 0.578. The van der Waals surface area contributed by atoms with Gasteiger partial charge in [0.25, 0.3) is 0 Å². The Morgan fingerprint density at radius 2 is 2.50 bits per heavy atom. The van der Waals surface area contributed by atoms with E-state index in [1.807, 2.05) is 0 Å². The average Bonchev–Trinajstić information content (AvgIpc) is 2.69. The summed E-state index contributed by atoms with van der Waals surface area (Å²) in [7, 11) is 0. The molecule has 3 nitrogen and oxygen atoms in total. The molecule has 1 aliphatic rings. The van der Waals surface area contributed by atoms with Crippen LogP contribution in [0, 0.1) is 18.3 Å². The van der Waals surface area contributed by atoms with Gasteiger partial charge in [0.2, 0.25) is 5.91 Å². The van der Waals surface area contributed by atoms with Gasteiger partial charge in [0, 0.05) is 5.92 Å². The van der Waals surface area contributed by atoms with Crippen molar-refractivity contribution in [3.8, 4) is 12.3 Å². The van der Waals surface area contributed by atoms with Gasteiger partial charge in [-0.2, -0.15) is 0 Å². The Hall–Kier alpha value is -1.01. The standard InChI is InChI=1S/C7H9NO2/c1-2-5-10-8-7(9)6-3-4-6/h1,6H,3-5H2,(H,8,9). The van der Waals surface area contributed by atoms with Crippen LogP contribution in [-0.2, 0) is 9.63 Å². The van der Waals surface area contributed by atoms with Crippen LogP contribution in [0.4, 0.5) is 0 Å². The van der Waals surface area contributed by atoms with Crippen LogP contribution in [0.2, 0.25) is 0 Å². The van der Waals surface area contributed by atoms with Crippen LogP contribution < -0.4 is 5.48 Å². The first-order valence-electron chi connectivity index (χ1n) is 3.19. The maximum Gasteiger partial charge on any atom is 0.246 e. The summed E-state index contributed by atoms with van der Waals surface area (Å²) in [5, 5.41) is 0. The third-order valence-electron chi connectivity index (χ3n) is 1.28. The van der Waals surface area contributed by atoms with E-state index in [1.54, 1.807) is 0 Å². The number of nitrogens with one attached hydrogen (secondary N) is 1. The van der Waals surface area contributed by atoms with E-state index in [0.717, 1.165) is 12.8 Å². The first-order valence-corrected chi connectivity index (χ1v) is 3.19. The molecule has 0 saturated heterocycles. The summed E-state index contributed by atoms with van der Waals surface area (Å²) >= 11 is 0. The highest BCUT2D eigenvalue weighted by Gasteiger charge is 2.29. The monoisotopic (exact) mass is 139 g/mol. The molecule has 1 amide bonds. The molecular formula is C7H9NO2. The molecule has 0 spiro atoms. The lowest BCUT2D eigenvalue weighted by Gasteiger charge is -1.99. The number of carbonyl (C=O) groups excluding carboxylic acids is 1. The number of carbonyl (C=O) groups is 1. The van der Waals surface area contributed by atoms with Crippen molar-refractivity contribution in [2.24, 2.45) is 5.92 Å². The molecule has 0 aromatic carbocycles. The number of amides is 1. The van der Waals surface area contributed by atoms with Crippen LogP contribution in [0.3, 0.4) is 0 Å². The van der Waals surface area contributed by atoms with Gasteiger partial charge in [0.1, 0.15) is 6.61 Å². The lowest BCUT2D eigenvalue weighted by molar-refractivity contribution is -0.133. The number of hydrogen-bond acceptors (Lipinski definition) is 2. The van der Waals surface area contributed by atoms with Crippen molar-refractivity contribution >= 4 is 5.91 Å². The van der Waals surface area contributed by atoms with Crippen molar-refractivity contribution in [2.75, 3.05) is 6.61 Å². The average molecular weight is 139 g/mol. The molecule has 10 heavy (non-hydrogen) atoms. The normalized spacial score (nSPS) is 15.9. The predicted octanol–water partition coefficient (Wildman–Crippen LogP) is 0.0774. The summed E-state index contributed by atoms with van der Waals surface area (Å²) < 4.78 is 0. The highest BCUT2D eigenvalue weighted by atomic mass is 16.6. The Kier molecular flexibility index (Phi) is 2.30. The molecule has 1 saturated carbocycles. The summed E-state index contributed by atoms with van der Waals surface area (Å²) in [6.07, 6.45) is 6.84. The van der Waals surface area contributed by atoms with E-state index in [-0.39, 0.29) is 18.4 Å². The van der Waals surface area contributed by atoms with E-state index in [4.69, 9.17) is 6.42 Å². The fraction of sp³-hybridized carbons (Fsp3) is 0.571. The van der Waals surface area contributed by atoms with Crippen LogP contribution in [0.1, 0.15) is 12.8 Å². The topological polar surface area (TPSA) is 38.3 Å². The van der Waals surface area contributed by atoms with E-state index in [0.29, 0.717) is 0 Å². The minimum atomic E-state index is -0.0461. The molecule has 0 radical (unpaired) electrons. The Morgan fingerprint density at radius 3 is 3.00 bits per heavy atom. The molecule has 54 valence electrons. The summed E-state index contributed by atoms with van der Waals surface area (Å²) in [5.74, 6) is 2.38. The zero-order chi connectivity index (χ0) is 7.40. The van der Waals surface area contributed by atoms with Gasteiger partial charge in [0.05, 0.1) is 0 Å². The minimum absolute atomic E-state index is 0.0461. The quantitative estimate of drug-likeness (QED) is 0.341. The van der Waals surface area contributed by atoms with E-state index in [2.05, 4.69) is 16.2 Å². The molecular weight excluding hydrogens is 130 g/mol. The van der Waals surface area contributed by atoms with E-state index in [9.17, 15) is 4.79 Å². The van der Waals surface area contributed by atoms with Crippen LogP contribution in [0.25, 0.3) is 0 Å². The van der Waals surface area contributed by atoms with Crippen LogP contribution in [0.5, 0.6) is 0 Å². The largest absolute Gasteiger partial charge is 0.272 e. The predicted molar refractivity (Wildman–Crippen MR) is 35.7 cm³/mol. The molecule has 0 aromatic rings. The van der Waals surface area contributed by atoms with Crippen LogP contribution in [0.15, 0.2) is 0 Å². The lowest BCUT2D eigenvalue weighted by atomic mass is 10.4. The van der Waals surface area contributed by atoms with Gasteiger partial charge in [0.15, 0.2) is 0 Å². The number of hydrogen-bond donors (Lipinski definition) is 1. The molecule has 0 atom stereocenters.